The van der Waals surface area contributed by atoms with Gasteiger partial charge in [-0.25, -0.2) is 4.99 Å². The summed E-state index contributed by atoms with van der Waals surface area (Å²) in [6.07, 6.45) is 1.38. The molecule has 0 aliphatic carbocycles. The maximum atomic E-state index is 13.6. The van der Waals surface area contributed by atoms with Crippen LogP contribution in [0.4, 0.5) is 0 Å². The van der Waals surface area contributed by atoms with Crippen LogP contribution in [0.1, 0.15) is 52.4 Å². The van der Waals surface area contributed by atoms with Gasteiger partial charge in [-0.1, -0.05) is 80.1 Å². The Kier molecular flexibility index (Phi) is 5.65. The molecule has 2 aliphatic heterocycles. The molecule has 0 bridgehead atoms. The maximum Gasteiger partial charge on any atom is 0.262 e. The van der Waals surface area contributed by atoms with E-state index in [0.29, 0.717) is 25.1 Å². The SMILES string of the molecule is CCCC1(c2ccccc2)N=C(N)N(Cc2cccc(C(=O)N3Cc4ccccc4C3)c2)C1=O. The van der Waals surface area contributed by atoms with Gasteiger partial charge in [-0.2, -0.15) is 0 Å². The van der Waals surface area contributed by atoms with Crippen molar-refractivity contribution < 1.29 is 9.59 Å². The zero-order chi connectivity index (χ0) is 23.7. The number of benzene rings is 3. The molecule has 34 heavy (non-hydrogen) atoms. The van der Waals surface area contributed by atoms with E-state index in [1.54, 1.807) is 0 Å². The lowest BCUT2D eigenvalue weighted by molar-refractivity contribution is -0.132. The van der Waals surface area contributed by atoms with Crippen molar-refractivity contribution in [2.75, 3.05) is 0 Å². The highest BCUT2D eigenvalue weighted by molar-refractivity contribution is 6.07. The first-order chi connectivity index (χ1) is 16.5. The molecule has 0 fully saturated rings. The fraction of sp³-hybridized carbons (Fsp3) is 0.250. The minimum atomic E-state index is -0.991. The number of fused-ring (bicyclic) bond motifs is 1. The van der Waals surface area contributed by atoms with E-state index in [4.69, 9.17) is 5.73 Å². The van der Waals surface area contributed by atoms with Gasteiger partial charge in [0.1, 0.15) is 0 Å². The molecule has 172 valence electrons. The van der Waals surface area contributed by atoms with Crippen LogP contribution >= 0.6 is 0 Å². The predicted molar refractivity (Wildman–Crippen MR) is 132 cm³/mol. The van der Waals surface area contributed by atoms with Gasteiger partial charge in [0.25, 0.3) is 11.8 Å². The summed E-state index contributed by atoms with van der Waals surface area (Å²) in [5.41, 5.74) is 9.97. The average Bonchev–Trinajstić information content (AvgIpc) is 3.40. The van der Waals surface area contributed by atoms with E-state index in [1.165, 1.54) is 16.0 Å². The van der Waals surface area contributed by atoms with E-state index >= 15 is 0 Å². The van der Waals surface area contributed by atoms with Crippen molar-refractivity contribution in [3.05, 3.63) is 107 Å². The van der Waals surface area contributed by atoms with Crippen molar-refractivity contribution in [3.63, 3.8) is 0 Å². The number of nitrogens with two attached hydrogens (primary N) is 1. The van der Waals surface area contributed by atoms with E-state index in [-0.39, 0.29) is 24.3 Å². The van der Waals surface area contributed by atoms with E-state index in [1.807, 2.05) is 78.6 Å². The van der Waals surface area contributed by atoms with Crippen LogP contribution in [0.25, 0.3) is 0 Å². The molecule has 2 amide bonds. The van der Waals surface area contributed by atoms with Crippen molar-refractivity contribution in [1.82, 2.24) is 9.80 Å². The molecule has 0 spiro atoms. The maximum absolute atomic E-state index is 13.6. The first-order valence-electron chi connectivity index (χ1n) is 11.7. The number of rotatable bonds is 6. The number of carbonyl (C=O) groups excluding carboxylic acids is 2. The highest BCUT2D eigenvalue weighted by Crippen LogP contribution is 2.38. The molecule has 3 aromatic rings. The van der Waals surface area contributed by atoms with Crippen LogP contribution in [0.2, 0.25) is 0 Å². The van der Waals surface area contributed by atoms with E-state index < -0.39 is 5.54 Å². The Morgan fingerprint density at radius 2 is 1.65 bits per heavy atom. The monoisotopic (exact) mass is 452 g/mol. The summed E-state index contributed by atoms with van der Waals surface area (Å²) < 4.78 is 0. The number of hydrogen-bond acceptors (Lipinski definition) is 4. The standard InChI is InChI=1S/C28H28N4O2/c1-2-15-28(24-13-4-3-5-14-24)26(34)32(27(29)30-28)17-20-9-8-12-21(16-20)25(33)31-18-22-10-6-7-11-23(22)19-31/h3-14,16H,2,15,17-19H2,1H3,(H2,29,30). The van der Waals surface area contributed by atoms with Crippen LogP contribution in [0.5, 0.6) is 0 Å². The fourth-order valence-electron chi connectivity index (χ4n) is 5.00. The second kappa shape index (κ2) is 8.78. The lowest BCUT2D eigenvalue weighted by Gasteiger charge is -2.26. The van der Waals surface area contributed by atoms with Gasteiger partial charge in [0.15, 0.2) is 11.5 Å². The molecular formula is C28H28N4O2. The average molecular weight is 453 g/mol. The summed E-state index contributed by atoms with van der Waals surface area (Å²) in [5, 5.41) is 0. The van der Waals surface area contributed by atoms with Gasteiger partial charge in [0, 0.05) is 18.7 Å². The van der Waals surface area contributed by atoms with E-state index in [0.717, 1.165) is 17.5 Å². The van der Waals surface area contributed by atoms with Gasteiger partial charge in [-0.05, 0) is 40.8 Å². The van der Waals surface area contributed by atoms with Crippen molar-refractivity contribution in [1.29, 1.82) is 0 Å². The van der Waals surface area contributed by atoms with Gasteiger partial charge in [-0.15, -0.1) is 0 Å². The zero-order valence-electron chi connectivity index (χ0n) is 19.3. The Hall–Kier alpha value is -3.93. The predicted octanol–water partition coefficient (Wildman–Crippen LogP) is 4.20. The zero-order valence-corrected chi connectivity index (χ0v) is 19.3. The second-order valence-electron chi connectivity index (χ2n) is 8.97. The molecule has 6 nitrogen and oxygen atoms in total. The van der Waals surface area contributed by atoms with Crippen molar-refractivity contribution in [2.24, 2.45) is 10.7 Å². The summed E-state index contributed by atoms with van der Waals surface area (Å²) in [4.78, 5) is 34.9. The molecule has 0 saturated carbocycles. The number of hydrogen-bond donors (Lipinski definition) is 1. The van der Waals surface area contributed by atoms with Gasteiger partial charge >= 0.3 is 0 Å². The molecule has 2 N–H and O–H groups in total. The third-order valence-electron chi connectivity index (χ3n) is 6.69. The number of guanidine groups is 1. The summed E-state index contributed by atoms with van der Waals surface area (Å²) in [6, 6.07) is 25.2. The van der Waals surface area contributed by atoms with Crippen LogP contribution < -0.4 is 5.73 Å². The van der Waals surface area contributed by atoms with Crippen molar-refractivity contribution in [3.8, 4) is 0 Å². The van der Waals surface area contributed by atoms with Gasteiger partial charge in [0.05, 0.1) is 6.54 Å². The number of aliphatic imine (C=N–C) groups is 1. The molecular weight excluding hydrogens is 424 g/mol. The Morgan fingerprint density at radius 1 is 0.971 bits per heavy atom. The number of carbonyl (C=O) groups is 2. The third-order valence-corrected chi connectivity index (χ3v) is 6.69. The first kappa shape index (κ1) is 21.9. The topological polar surface area (TPSA) is 79.0 Å². The quantitative estimate of drug-likeness (QED) is 0.609. The molecule has 0 radical (unpaired) electrons. The van der Waals surface area contributed by atoms with Crippen molar-refractivity contribution in [2.45, 2.75) is 44.9 Å². The van der Waals surface area contributed by atoms with E-state index in [2.05, 4.69) is 17.1 Å². The van der Waals surface area contributed by atoms with Crippen molar-refractivity contribution >= 4 is 17.8 Å². The van der Waals surface area contributed by atoms with Gasteiger partial charge in [-0.3, -0.25) is 14.5 Å². The summed E-state index contributed by atoms with van der Waals surface area (Å²) in [5.74, 6) is 0.0795. The van der Waals surface area contributed by atoms with Crippen LogP contribution in [-0.2, 0) is 30.0 Å². The van der Waals surface area contributed by atoms with Crippen LogP contribution in [-0.4, -0.2) is 27.6 Å². The van der Waals surface area contributed by atoms with E-state index in [9.17, 15) is 9.59 Å². The lowest BCUT2D eigenvalue weighted by atomic mass is 9.85. The fourth-order valence-corrected chi connectivity index (χ4v) is 5.00. The Morgan fingerprint density at radius 3 is 2.32 bits per heavy atom. The van der Waals surface area contributed by atoms with Crippen LogP contribution in [0.3, 0.4) is 0 Å². The molecule has 0 aromatic heterocycles. The van der Waals surface area contributed by atoms with Gasteiger partial charge in [0.2, 0.25) is 0 Å². The molecule has 1 atom stereocenters. The summed E-state index contributed by atoms with van der Waals surface area (Å²) >= 11 is 0. The minimum Gasteiger partial charge on any atom is -0.369 e. The molecule has 0 saturated heterocycles. The first-order valence-corrected chi connectivity index (χ1v) is 11.7. The molecule has 2 heterocycles. The molecule has 1 unspecified atom stereocenters. The highest BCUT2D eigenvalue weighted by Gasteiger charge is 2.48. The molecule has 2 aliphatic rings. The summed E-state index contributed by atoms with van der Waals surface area (Å²) in [7, 11) is 0. The van der Waals surface area contributed by atoms with Crippen LogP contribution in [0, 0.1) is 0 Å². The van der Waals surface area contributed by atoms with Gasteiger partial charge < -0.3 is 10.6 Å². The highest BCUT2D eigenvalue weighted by atomic mass is 16.2. The number of nitrogens with zero attached hydrogens (tertiary/aromatic N) is 3. The Bertz CT molecular complexity index is 1250. The normalized spacial score (nSPS) is 19.3. The molecule has 3 aromatic carbocycles. The third kappa shape index (κ3) is 3.75. The Balaban J connectivity index is 1.36. The second-order valence-corrected chi connectivity index (χ2v) is 8.97. The Labute approximate surface area is 199 Å². The smallest absolute Gasteiger partial charge is 0.262 e. The van der Waals surface area contributed by atoms with Crippen LogP contribution in [0.15, 0.2) is 83.9 Å². The number of amides is 2. The lowest BCUT2D eigenvalue weighted by Crippen LogP contribution is -2.42. The molecule has 5 rings (SSSR count). The minimum absolute atomic E-state index is 0.0166. The molecule has 6 heteroatoms. The largest absolute Gasteiger partial charge is 0.369 e. The summed E-state index contributed by atoms with van der Waals surface area (Å²) in [6.45, 7) is 3.53.